The lowest BCUT2D eigenvalue weighted by molar-refractivity contribution is 0.0266. The molecule has 0 radical (unpaired) electrons. The SMILES string of the molecule is CCC1(C)CNC(Cc2ccccc2)CN1CCOC. The van der Waals surface area contributed by atoms with E-state index in [0.717, 1.165) is 32.7 Å². The molecule has 0 aromatic heterocycles. The molecule has 0 amide bonds. The Kier molecular flexibility index (Phi) is 5.58. The number of piperazine rings is 1. The van der Waals surface area contributed by atoms with Crippen molar-refractivity contribution < 1.29 is 4.74 Å². The van der Waals surface area contributed by atoms with Crippen molar-refractivity contribution in [3.63, 3.8) is 0 Å². The fourth-order valence-corrected chi connectivity index (χ4v) is 2.97. The lowest BCUT2D eigenvalue weighted by Crippen LogP contribution is -2.64. The van der Waals surface area contributed by atoms with E-state index in [1.807, 2.05) is 0 Å². The summed E-state index contributed by atoms with van der Waals surface area (Å²) in [6.45, 7) is 8.63. The molecule has 1 saturated heterocycles. The third-order valence-electron chi connectivity index (χ3n) is 4.63. The van der Waals surface area contributed by atoms with Gasteiger partial charge in [0.2, 0.25) is 0 Å². The van der Waals surface area contributed by atoms with E-state index < -0.39 is 0 Å². The Morgan fingerprint density at radius 2 is 2.10 bits per heavy atom. The molecule has 1 aliphatic heterocycles. The molecule has 3 nitrogen and oxygen atoms in total. The average Bonchev–Trinajstić information content (AvgIpc) is 2.49. The van der Waals surface area contributed by atoms with Gasteiger partial charge in [0, 0.05) is 38.3 Å². The van der Waals surface area contributed by atoms with Gasteiger partial charge in [0.15, 0.2) is 0 Å². The van der Waals surface area contributed by atoms with Gasteiger partial charge in [-0.15, -0.1) is 0 Å². The van der Waals surface area contributed by atoms with E-state index in [1.54, 1.807) is 7.11 Å². The van der Waals surface area contributed by atoms with Crippen molar-refractivity contribution in [2.24, 2.45) is 0 Å². The maximum absolute atomic E-state index is 5.27. The molecular formula is C17H28N2O. The highest BCUT2D eigenvalue weighted by atomic mass is 16.5. The molecule has 1 fully saturated rings. The smallest absolute Gasteiger partial charge is 0.0589 e. The number of hydrogen-bond acceptors (Lipinski definition) is 3. The van der Waals surface area contributed by atoms with Gasteiger partial charge in [-0.3, -0.25) is 4.90 Å². The quantitative estimate of drug-likeness (QED) is 0.863. The molecule has 1 aliphatic rings. The van der Waals surface area contributed by atoms with Gasteiger partial charge in [0.25, 0.3) is 0 Å². The van der Waals surface area contributed by atoms with E-state index in [1.165, 1.54) is 12.0 Å². The fourth-order valence-electron chi connectivity index (χ4n) is 2.97. The Balaban J connectivity index is 1.97. The Morgan fingerprint density at radius 1 is 1.35 bits per heavy atom. The number of benzene rings is 1. The highest BCUT2D eigenvalue weighted by Gasteiger charge is 2.35. The van der Waals surface area contributed by atoms with Gasteiger partial charge in [-0.05, 0) is 25.3 Å². The van der Waals surface area contributed by atoms with Crippen molar-refractivity contribution in [2.45, 2.75) is 38.3 Å². The Labute approximate surface area is 123 Å². The van der Waals surface area contributed by atoms with Crippen LogP contribution in [0.1, 0.15) is 25.8 Å². The summed E-state index contributed by atoms with van der Waals surface area (Å²) in [6.07, 6.45) is 2.27. The van der Waals surface area contributed by atoms with Crippen LogP contribution in [0.5, 0.6) is 0 Å². The third-order valence-corrected chi connectivity index (χ3v) is 4.63. The van der Waals surface area contributed by atoms with E-state index in [-0.39, 0.29) is 5.54 Å². The van der Waals surface area contributed by atoms with Crippen molar-refractivity contribution in [1.82, 2.24) is 10.2 Å². The number of ether oxygens (including phenoxy) is 1. The number of nitrogens with zero attached hydrogens (tertiary/aromatic N) is 1. The number of nitrogens with one attached hydrogen (secondary N) is 1. The molecule has 2 atom stereocenters. The summed E-state index contributed by atoms with van der Waals surface area (Å²) in [5.74, 6) is 0. The van der Waals surface area contributed by atoms with Crippen LogP contribution in [0.3, 0.4) is 0 Å². The normalized spacial score (nSPS) is 27.6. The van der Waals surface area contributed by atoms with Gasteiger partial charge in [-0.25, -0.2) is 0 Å². The van der Waals surface area contributed by atoms with Gasteiger partial charge in [-0.1, -0.05) is 37.3 Å². The van der Waals surface area contributed by atoms with Crippen LogP contribution in [-0.4, -0.2) is 49.8 Å². The van der Waals surface area contributed by atoms with Crippen LogP contribution in [-0.2, 0) is 11.2 Å². The first kappa shape index (κ1) is 15.5. The second-order valence-electron chi connectivity index (χ2n) is 6.06. The van der Waals surface area contributed by atoms with Crippen molar-refractivity contribution in [3.8, 4) is 0 Å². The summed E-state index contributed by atoms with van der Waals surface area (Å²) >= 11 is 0. The van der Waals surface area contributed by atoms with Gasteiger partial charge < -0.3 is 10.1 Å². The van der Waals surface area contributed by atoms with Crippen LogP contribution in [0.4, 0.5) is 0 Å². The monoisotopic (exact) mass is 276 g/mol. The minimum atomic E-state index is 0.256. The van der Waals surface area contributed by atoms with Crippen LogP contribution >= 0.6 is 0 Å². The second-order valence-corrected chi connectivity index (χ2v) is 6.06. The fraction of sp³-hybridized carbons (Fsp3) is 0.647. The molecule has 2 unspecified atom stereocenters. The lowest BCUT2D eigenvalue weighted by Gasteiger charge is -2.48. The minimum absolute atomic E-state index is 0.256. The molecule has 1 N–H and O–H groups in total. The zero-order valence-corrected chi connectivity index (χ0v) is 13.1. The largest absolute Gasteiger partial charge is 0.383 e. The molecule has 2 rings (SSSR count). The van der Waals surface area contributed by atoms with Crippen LogP contribution < -0.4 is 5.32 Å². The maximum atomic E-state index is 5.27. The standard InChI is InChI=1S/C17H28N2O/c1-4-17(2)14-18-16(13-19(17)10-11-20-3)12-15-8-6-5-7-9-15/h5-9,16,18H,4,10-14H2,1-3H3. The van der Waals surface area contributed by atoms with Gasteiger partial charge in [-0.2, -0.15) is 0 Å². The molecule has 1 aromatic carbocycles. The summed E-state index contributed by atoms with van der Waals surface area (Å²) in [5, 5.41) is 3.73. The topological polar surface area (TPSA) is 24.5 Å². The molecule has 3 heteroatoms. The lowest BCUT2D eigenvalue weighted by atomic mass is 9.90. The summed E-state index contributed by atoms with van der Waals surface area (Å²) in [6, 6.07) is 11.3. The molecule has 20 heavy (non-hydrogen) atoms. The zero-order chi connectivity index (χ0) is 14.4. The first-order chi connectivity index (χ1) is 9.68. The van der Waals surface area contributed by atoms with Gasteiger partial charge in [0.1, 0.15) is 0 Å². The van der Waals surface area contributed by atoms with Crippen molar-refractivity contribution >= 4 is 0 Å². The second kappa shape index (κ2) is 7.21. The predicted octanol–water partition coefficient (Wildman–Crippen LogP) is 2.32. The van der Waals surface area contributed by atoms with Crippen LogP contribution in [0.25, 0.3) is 0 Å². The molecule has 0 bridgehead atoms. The van der Waals surface area contributed by atoms with Crippen LogP contribution in [0.15, 0.2) is 30.3 Å². The number of hydrogen-bond donors (Lipinski definition) is 1. The van der Waals surface area contributed by atoms with Crippen molar-refractivity contribution in [3.05, 3.63) is 35.9 Å². The van der Waals surface area contributed by atoms with E-state index in [0.29, 0.717) is 6.04 Å². The van der Waals surface area contributed by atoms with Crippen molar-refractivity contribution in [1.29, 1.82) is 0 Å². The van der Waals surface area contributed by atoms with Crippen LogP contribution in [0, 0.1) is 0 Å². The highest BCUT2D eigenvalue weighted by molar-refractivity contribution is 5.16. The zero-order valence-electron chi connectivity index (χ0n) is 13.1. The molecule has 1 aromatic rings. The summed E-state index contributed by atoms with van der Waals surface area (Å²) < 4.78 is 5.27. The molecule has 1 heterocycles. The molecule has 0 spiro atoms. The minimum Gasteiger partial charge on any atom is -0.383 e. The van der Waals surface area contributed by atoms with E-state index in [4.69, 9.17) is 4.74 Å². The Hall–Kier alpha value is -0.900. The Bertz CT molecular complexity index is 395. The third kappa shape index (κ3) is 3.81. The first-order valence-electron chi connectivity index (χ1n) is 7.69. The molecule has 0 aliphatic carbocycles. The molecule has 0 saturated carbocycles. The molecular weight excluding hydrogens is 248 g/mol. The summed E-state index contributed by atoms with van der Waals surface area (Å²) in [7, 11) is 1.78. The number of methoxy groups -OCH3 is 1. The molecule has 112 valence electrons. The highest BCUT2D eigenvalue weighted by Crippen LogP contribution is 2.23. The van der Waals surface area contributed by atoms with Gasteiger partial charge in [0.05, 0.1) is 6.61 Å². The van der Waals surface area contributed by atoms with Crippen molar-refractivity contribution in [2.75, 3.05) is 33.4 Å². The Morgan fingerprint density at radius 3 is 2.75 bits per heavy atom. The van der Waals surface area contributed by atoms with E-state index >= 15 is 0 Å². The van der Waals surface area contributed by atoms with Crippen LogP contribution in [0.2, 0.25) is 0 Å². The summed E-state index contributed by atoms with van der Waals surface area (Å²) in [4.78, 5) is 2.60. The van der Waals surface area contributed by atoms with E-state index in [2.05, 4.69) is 54.4 Å². The number of rotatable bonds is 6. The predicted molar refractivity (Wildman–Crippen MR) is 84.1 cm³/mol. The average molecular weight is 276 g/mol. The summed E-state index contributed by atoms with van der Waals surface area (Å²) in [5.41, 5.74) is 1.67. The van der Waals surface area contributed by atoms with E-state index in [9.17, 15) is 0 Å². The van der Waals surface area contributed by atoms with Gasteiger partial charge >= 0.3 is 0 Å². The maximum Gasteiger partial charge on any atom is 0.0589 e. The first-order valence-corrected chi connectivity index (χ1v) is 7.69.